The largest absolute Gasteiger partial charge is 0.370 e. The fraction of sp³-hybridized carbons (Fsp3) is 0.308. The molecule has 0 atom stereocenters. The summed E-state index contributed by atoms with van der Waals surface area (Å²) in [5, 5.41) is 11.0. The lowest BCUT2D eigenvalue weighted by atomic mass is 10.3. The van der Waals surface area contributed by atoms with E-state index in [9.17, 15) is 0 Å². The maximum atomic E-state index is 5.76. The third kappa shape index (κ3) is 4.48. The first-order valence-corrected chi connectivity index (χ1v) is 6.17. The lowest BCUT2D eigenvalue weighted by Gasteiger charge is -2.08. The van der Waals surface area contributed by atoms with Crippen LogP contribution < -0.4 is 11.1 Å². The highest BCUT2D eigenvalue weighted by molar-refractivity contribution is 14.0. The first-order chi connectivity index (χ1) is 9.16. The van der Waals surface area contributed by atoms with Crippen LogP contribution in [0.25, 0.3) is 5.69 Å². The van der Waals surface area contributed by atoms with E-state index >= 15 is 0 Å². The molecule has 0 amide bonds. The van der Waals surface area contributed by atoms with Crippen molar-refractivity contribution in [3.8, 4) is 5.69 Å². The highest BCUT2D eigenvalue weighted by atomic mass is 127. The molecule has 0 saturated carbocycles. The van der Waals surface area contributed by atoms with Crippen molar-refractivity contribution in [1.29, 1.82) is 0 Å². The maximum absolute atomic E-state index is 5.76. The number of hydrogen-bond donors (Lipinski definition) is 2. The number of guanidine groups is 1. The van der Waals surface area contributed by atoms with Crippen molar-refractivity contribution in [3.05, 3.63) is 42.5 Å². The lowest BCUT2D eigenvalue weighted by Crippen LogP contribution is -2.36. The summed E-state index contributed by atoms with van der Waals surface area (Å²) < 4.78 is 1.89. The molecule has 0 spiro atoms. The Kier molecular flexibility index (Phi) is 6.43. The van der Waals surface area contributed by atoms with Gasteiger partial charge in [0.2, 0.25) is 0 Å². The molecule has 0 saturated heterocycles. The number of rotatable bonds is 4. The van der Waals surface area contributed by atoms with Gasteiger partial charge in [0, 0.05) is 11.7 Å². The van der Waals surface area contributed by atoms with E-state index < -0.39 is 0 Å². The van der Waals surface area contributed by atoms with E-state index in [1.807, 2.05) is 48.7 Å². The predicted molar refractivity (Wildman–Crippen MR) is 90.4 cm³/mol. The second-order valence-electron chi connectivity index (χ2n) is 4.45. The van der Waals surface area contributed by atoms with Crippen molar-refractivity contribution in [2.24, 2.45) is 10.7 Å². The van der Waals surface area contributed by atoms with Crippen LogP contribution in [-0.4, -0.2) is 26.8 Å². The standard InChI is InChI=1S/C13H18N6.HI/c1-10(2)17-13(14)15-8-12-18-16-9-19(12)11-6-4-3-5-7-11;/h3-7,9-10H,8H2,1-2H3,(H3,14,15,17);1H. The van der Waals surface area contributed by atoms with Gasteiger partial charge < -0.3 is 11.1 Å². The molecular formula is C13H19IN6. The molecular weight excluding hydrogens is 367 g/mol. The molecule has 0 aliphatic heterocycles. The summed E-state index contributed by atoms with van der Waals surface area (Å²) in [5.74, 6) is 1.16. The number of benzene rings is 1. The minimum atomic E-state index is 0. The van der Waals surface area contributed by atoms with Gasteiger partial charge in [-0.3, -0.25) is 4.57 Å². The lowest BCUT2D eigenvalue weighted by molar-refractivity contribution is 0.720. The number of nitrogens with one attached hydrogen (secondary N) is 1. The Labute approximate surface area is 135 Å². The topological polar surface area (TPSA) is 81.1 Å². The molecule has 3 N–H and O–H groups in total. The Morgan fingerprint density at radius 1 is 1.35 bits per heavy atom. The fourth-order valence-electron chi connectivity index (χ4n) is 1.67. The number of nitrogens with zero attached hydrogens (tertiary/aromatic N) is 4. The number of para-hydroxylation sites is 1. The summed E-state index contributed by atoms with van der Waals surface area (Å²) >= 11 is 0. The molecule has 2 aromatic rings. The van der Waals surface area contributed by atoms with Crippen LogP contribution in [0, 0.1) is 0 Å². The van der Waals surface area contributed by atoms with Crippen LogP contribution in [0.4, 0.5) is 0 Å². The molecule has 0 aliphatic rings. The minimum absolute atomic E-state index is 0. The molecule has 108 valence electrons. The highest BCUT2D eigenvalue weighted by Crippen LogP contribution is 2.09. The average molecular weight is 386 g/mol. The summed E-state index contributed by atoms with van der Waals surface area (Å²) in [6.45, 7) is 4.41. The number of hydrogen-bond acceptors (Lipinski definition) is 3. The Hall–Kier alpha value is -1.64. The van der Waals surface area contributed by atoms with Crippen LogP contribution in [0.2, 0.25) is 0 Å². The summed E-state index contributed by atoms with van der Waals surface area (Å²) in [5.41, 5.74) is 6.77. The fourth-order valence-corrected chi connectivity index (χ4v) is 1.67. The maximum Gasteiger partial charge on any atom is 0.189 e. The van der Waals surface area contributed by atoms with E-state index in [1.54, 1.807) is 6.33 Å². The van der Waals surface area contributed by atoms with Crippen molar-refractivity contribution in [3.63, 3.8) is 0 Å². The Morgan fingerprint density at radius 2 is 2.05 bits per heavy atom. The quantitative estimate of drug-likeness (QED) is 0.476. The van der Waals surface area contributed by atoms with Gasteiger partial charge in [-0.2, -0.15) is 0 Å². The Bertz CT molecular complexity index is 549. The van der Waals surface area contributed by atoms with Gasteiger partial charge >= 0.3 is 0 Å². The summed E-state index contributed by atoms with van der Waals surface area (Å²) in [7, 11) is 0. The van der Waals surface area contributed by atoms with Gasteiger partial charge in [0.25, 0.3) is 0 Å². The molecule has 0 fully saturated rings. The van der Waals surface area contributed by atoms with Crippen LogP contribution in [0.15, 0.2) is 41.7 Å². The molecule has 6 nitrogen and oxygen atoms in total. The minimum Gasteiger partial charge on any atom is -0.370 e. The average Bonchev–Trinajstić information content (AvgIpc) is 2.85. The van der Waals surface area contributed by atoms with Crippen LogP contribution in [-0.2, 0) is 6.54 Å². The van der Waals surface area contributed by atoms with Crippen LogP contribution >= 0.6 is 24.0 Å². The summed E-state index contributed by atoms with van der Waals surface area (Å²) in [6.07, 6.45) is 1.67. The smallest absolute Gasteiger partial charge is 0.189 e. The zero-order valence-electron chi connectivity index (χ0n) is 11.5. The monoisotopic (exact) mass is 386 g/mol. The van der Waals surface area contributed by atoms with E-state index in [2.05, 4.69) is 20.5 Å². The van der Waals surface area contributed by atoms with Gasteiger partial charge in [-0.1, -0.05) is 18.2 Å². The van der Waals surface area contributed by atoms with E-state index in [-0.39, 0.29) is 30.0 Å². The predicted octanol–water partition coefficient (Wildman–Crippen LogP) is 1.70. The first-order valence-electron chi connectivity index (χ1n) is 6.17. The van der Waals surface area contributed by atoms with E-state index in [1.165, 1.54) is 0 Å². The molecule has 0 aliphatic carbocycles. The van der Waals surface area contributed by atoms with Gasteiger partial charge in [0.05, 0.1) is 0 Å². The SMILES string of the molecule is CC(C)NC(N)=NCc1nncn1-c1ccccc1.I. The van der Waals surface area contributed by atoms with E-state index in [0.717, 1.165) is 11.5 Å². The molecule has 1 aromatic carbocycles. The number of aromatic nitrogens is 3. The Balaban J connectivity index is 0.00000200. The summed E-state index contributed by atoms with van der Waals surface area (Å²) in [4.78, 5) is 4.25. The van der Waals surface area contributed by atoms with Crippen molar-refractivity contribution in [2.75, 3.05) is 0 Å². The first kappa shape index (κ1) is 16.4. The zero-order valence-corrected chi connectivity index (χ0v) is 13.9. The van der Waals surface area contributed by atoms with Gasteiger partial charge in [0.15, 0.2) is 11.8 Å². The van der Waals surface area contributed by atoms with Gasteiger partial charge in [0.1, 0.15) is 12.9 Å². The third-order valence-electron chi connectivity index (χ3n) is 2.48. The van der Waals surface area contributed by atoms with Crippen molar-refractivity contribution >= 4 is 29.9 Å². The molecule has 7 heteroatoms. The van der Waals surface area contributed by atoms with E-state index in [4.69, 9.17) is 5.73 Å². The van der Waals surface area contributed by atoms with Crippen molar-refractivity contribution in [2.45, 2.75) is 26.4 Å². The van der Waals surface area contributed by atoms with Crippen LogP contribution in [0.3, 0.4) is 0 Å². The van der Waals surface area contributed by atoms with Gasteiger partial charge in [-0.15, -0.1) is 34.2 Å². The second-order valence-corrected chi connectivity index (χ2v) is 4.45. The van der Waals surface area contributed by atoms with Gasteiger partial charge in [-0.25, -0.2) is 4.99 Å². The number of nitrogens with two attached hydrogens (primary N) is 1. The third-order valence-corrected chi connectivity index (χ3v) is 2.48. The molecule has 0 bridgehead atoms. The zero-order chi connectivity index (χ0) is 13.7. The van der Waals surface area contributed by atoms with Crippen LogP contribution in [0.1, 0.15) is 19.7 Å². The summed E-state index contributed by atoms with van der Waals surface area (Å²) in [6, 6.07) is 10.2. The van der Waals surface area contributed by atoms with E-state index in [0.29, 0.717) is 12.5 Å². The molecule has 1 aromatic heterocycles. The Morgan fingerprint density at radius 3 is 2.70 bits per heavy atom. The molecule has 0 radical (unpaired) electrons. The molecule has 20 heavy (non-hydrogen) atoms. The number of halogens is 1. The molecule has 1 heterocycles. The normalized spacial score (nSPS) is 11.2. The van der Waals surface area contributed by atoms with Crippen molar-refractivity contribution in [1.82, 2.24) is 20.1 Å². The van der Waals surface area contributed by atoms with Crippen molar-refractivity contribution < 1.29 is 0 Å². The highest BCUT2D eigenvalue weighted by Gasteiger charge is 2.05. The van der Waals surface area contributed by atoms with Gasteiger partial charge in [-0.05, 0) is 26.0 Å². The van der Waals surface area contributed by atoms with Crippen LogP contribution in [0.5, 0.6) is 0 Å². The molecule has 0 unspecified atom stereocenters. The number of aliphatic imine (C=N–C) groups is 1. The molecule has 2 rings (SSSR count). The second kappa shape index (κ2) is 7.83.